The van der Waals surface area contributed by atoms with E-state index < -0.39 is 17.6 Å². The van der Waals surface area contributed by atoms with Crippen molar-refractivity contribution < 1.29 is 18.0 Å². The summed E-state index contributed by atoms with van der Waals surface area (Å²) in [5.74, 6) is -0.424. The minimum atomic E-state index is -4.47. The Morgan fingerprint density at radius 1 is 1.07 bits per heavy atom. The lowest BCUT2D eigenvalue weighted by Crippen LogP contribution is -2.44. The Labute approximate surface area is 175 Å². The van der Waals surface area contributed by atoms with Crippen molar-refractivity contribution in [3.8, 4) is 0 Å². The van der Waals surface area contributed by atoms with E-state index in [9.17, 15) is 18.0 Å². The highest BCUT2D eigenvalue weighted by molar-refractivity contribution is 14.1. The zero-order valence-corrected chi connectivity index (χ0v) is 17.8. The topological polar surface area (TPSA) is 35.6 Å². The quantitative estimate of drug-likeness (QED) is 0.622. The number of nitrogens with one attached hydrogen (secondary N) is 1. The van der Waals surface area contributed by atoms with E-state index in [1.54, 1.807) is 12.1 Å². The molecule has 0 saturated carbocycles. The molecule has 8 heteroatoms. The molecule has 0 atom stereocenters. The van der Waals surface area contributed by atoms with Gasteiger partial charge in [0, 0.05) is 35.3 Å². The normalized spacial score (nSPS) is 15.6. The summed E-state index contributed by atoms with van der Waals surface area (Å²) in [6.07, 6.45) is -4.47. The van der Waals surface area contributed by atoms with Crippen LogP contribution in [0.15, 0.2) is 36.4 Å². The monoisotopic (exact) mass is 503 g/mol. The number of piperazine rings is 1. The summed E-state index contributed by atoms with van der Waals surface area (Å²) in [5, 5.41) is 2.70. The van der Waals surface area contributed by atoms with Gasteiger partial charge < -0.3 is 15.1 Å². The summed E-state index contributed by atoms with van der Waals surface area (Å²) >= 11 is 2.13. The van der Waals surface area contributed by atoms with Crippen LogP contribution in [0.5, 0.6) is 0 Å². The second-order valence-electron chi connectivity index (χ2n) is 6.94. The average Bonchev–Trinajstić information content (AvgIpc) is 2.64. The number of carbonyl (C=O) groups is 1. The number of hydrogen-bond donors (Lipinski definition) is 1. The minimum Gasteiger partial charge on any atom is -0.367 e. The molecule has 0 aliphatic carbocycles. The second kappa shape index (κ2) is 8.28. The van der Waals surface area contributed by atoms with Crippen LogP contribution in [0.4, 0.5) is 24.5 Å². The first kappa shape index (κ1) is 20.9. The number of carbonyl (C=O) groups excluding carboxylic acids is 1. The van der Waals surface area contributed by atoms with Gasteiger partial charge in [0.05, 0.1) is 16.9 Å². The zero-order valence-electron chi connectivity index (χ0n) is 15.6. The molecule has 2 aromatic rings. The van der Waals surface area contributed by atoms with Gasteiger partial charge in [-0.25, -0.2) is 0 Å². The van der Waals surface area contributed by atoms with Crippen LogP contribution < -0.4 is 10.2 Å². The Balaban J connectivity index is 1.93. The largest absolute Gasteiger partial charge is 0.416 e. The maximum absolute atomic E-state index is 13.2. The van der Waals surface area contributed by atoms with E-state index >= 15 is 0 Å². The fourth-order valence-corrected chi connectivity index (χ4v) is 3.58. The Morgan fingerprint density at radius 2 is 1.75 bits per heavy atom. The van der Waals surface area contributed by atoms with Crippen molar-refractivity contribution in [2.75, 3.05) is 43.4 Å². The molecule has 1 fully saturated rings. The lowest BCUT2D eigenvalue weighted by molar-refractivity contribution is -0.137. The average molecular weight is 503 g/mol. The number of hydrogen-bond acceptors (Lipinski definition) is 3. The second-order valence-corrected chi connectivity index (χ2v) is 8.10. The van der Waals surface area contributed by atoms with Gasteiger partial charge in [-0.2, -0.15) is 13.2 Å². The van der Waals surface area contributed by atoms with Crippen molar-refractivity contribution in [3.63, 3.8) is 0 Å². The van der Waals surface area contributed by atoms with Crippen LogP contribution in [0.1, 0.15) is 21.5 Å². The van der Waals surface area contributed by atoms with Gasteiger partial charge in [-0.05, 0) is 72.5 Å². The fourth-order valence-electron chi connectivity index (χ4n) is 3.06. The molecule has 0 aromatic heterocycles. The van der Waals surface area contributed by atoms with E-state index in [2.05, 4.69) is 32.8 Å². The van der Waals surface area contributed by atoms with Crippen LogP contribution in [0, 0.1) is 10.5 Å². The molecule has 1 heterocycles. The third-order valence-corrected chi connectivity index (χ3v) is 6.01. The standard InChI is InChI=1S/C20H21F3IN3O/c1-13-3-4-14(11-16(13)24)19(28)25-17-12-15(20(21,22)23)5-6-18(17)27-9-7-26(2)8-10-27/h3-6,11-12H,7-10H2,1-2H3,(H,25,28). The summed E-state index contributed by atoms with van der Waals surface area (Å²) in [7, 11) is 2.01. The molecular weight excluding hydrogens is 482 g/mol. The van der Waals surface area contributed by atoms with Crippen LogP contribution in [0.25, 0.3) is 0 Å². The van der Waals surface area contributed by atoms with E-state index in [1.165, 1.54) is 6.07 Å². The first-order valence-corrected chi connectivity index (χ1v) is 9.95. The first-order chi connectivity index (χ1) is 13.1. The van der Waals surface area contributed by atoms with Crippen LogP contribution in [-0.4, -0.2) is 44.0 Å². The van der Waals surface area contributed by atoms with Gasteiger partial charge in [0.25, 0.3) is 5.91 Å². The number of aryl methyl sites for hydroxylation is 1. The molecule has 0 bridgehead atoms. The Kier molecular flexibility index (Phi) is 6.18. The van der Waals surface area contributed by atoms with Crippen molar-refractivity contribution >= 4 is 39.9 Å². The van der Waals surface area contributed by atoms with Crippen molar-refractivity contribution in [2.45, 2.75) is 13.1 Å². The van der Waals surface area contributed by atoms with Crippen LogP contribution >= 0.6 is 22.6 Å². The van der Waals surface area contributed by atoms with Gasteiger partial charge in [-0.1, -0.05) is 6.07 Å². The van der Waals surface area contributed by atoms with E-state index in [-0.39, 0.29) is 5.69 Å². The lowest BCUT2D eigenvalue weighted by atomic mass is 10.1. The predicted molar refractivity (Wildman–Crippen MR) is 113 cm³/mol. The van der Waals surface area contributed by atoms with Crippen molar-refractivity contribution in [2.24, 2.45) is 0 Å². The predicted octanol–water partition coefficient (Wildman–Crippen LogP) is 4.62. The van der Waals surface area contributed by atoms with Gasteiger partial charge in [0.15, 0.2) is 0 Å². The Hall–Kier alpha value is -1.81. The number of anilines is 2. The maximum Gasteiger partial charge on any atom is 0.416 e. The number of alkyl halides is 3. The highest BCUT2D eigenvalue weighted by Gasteiger charge is 2.32. The minimum absolute atomic E-state index is 0.181. The summed E-state index contributed by atoms with van der Waals surface area (Å²) in [6, 6.07) is 8.76. The first-order valence-electron chi connectivity index (χ1n) is 8.87. The smallest absolute Gasteiger partial charge is 0.367 e. The van der Waals surface area contributed by atoms with E-state index in [0.29, 0.717) is 24.3 Å². The molecule has 1 aliphatic rings. The summed E-state index contributed by atoms with van der Waals surface area (Å²) in [5.41, 5.74) is 1.46. The number of nitrogens with zero attached hydrogens (tertiary/aromatic N) is 2. The molecular formula is C20H21F3IN3O. The highest BCUT2D eigenvalue weighted by Crippen LogP contribution is 2.36. The molecule has 2 aromatic carbocycles. The van der Waals surface area contributed by atoms with E-state index in [4.69, 9.17) is 0 Å². The third-order valence-electron chi connectivity index (χ3n) is 4.85. The SMILES string of the molecule is Cc1ccc(C(=O)Nc2cc(C(F)(F)F)ccc2N2CCN(C)CC2)cc1I. The third kappa shape index (κ3) is 4.78. The molecule has 1 N–H and O–H groups in total. The van der Waals surface area contributed by atoms with Gasteiger partial charge in [0.1, 0.15) is 0 Å². The van der Waals surface area contributed by atoms with Crippen LogP contribution in [0.2, 0.25) is 0 Å². The van der Waals surface area contributed by atoms with Crippen LogP contribution in [0.3, 0.4) is 0 Å². The molecule has 4 nitrogen and oxygen atoms in total. The molecule has 28 heavy (non-hydrogen) atoms. The van der Waals surface area contributed by atoms with Crippen molar-refractivity contribution in [3.05, 3.63) is 56.7 Å². The molecule has 1 saturated heterocycles. The number of halogens is 4. The van der Waals surface area contributed by atoms with Gasteiger partial charge in [0.2, 0.25) is 0 Å². The molecule has 0 unspecified atom stereocenters. The number of amides is 1. The Morgan fingerprint density at radius 3 is 2.36 bits per heavy atom. The molecule has 1 aliphatic heterocycles. The van der Waals surface area contributed by atoms with Crippen molar-refractivity contribution in [1.82, 2.24) is 4.90 Å². The molecule has 0 radical (unpaired) electrons. The molecule has 150 valence electrons. The van der Waals surface area contributed by atoms with Crippen LogP contribution in [-0.2, 0) is 6.18 Å². The van der Waals surface area contributed by atoms with Gasteiger partial charge in [-0.15, -0.1) is 0 Å². The fraction of sp³-hybridized carbons (Fsp3) is 0.350. The Bertz CT molecular complexity index is 877. The lowest BCUT2D eigenvalue weighted by Gasteiger charge is -2.35. The van der Waals surface area contributed by atoms with Gasteiger partial charge in [-0.3, -0.25) is 4.79 Å². The summed E-state index contributed by atoms with van der Waals surface area (Å²) in [6.45, 7) is 4.93. The van der Waals surface area contributed by atoms with Crippen molar-refractivity contribution in [1.29, 1.82) is 0 Å². The molecule has 0 spiro atoms. The highest BCUT2D eigenvalue weighted by atomic mass is 127. The van der Waals surface area contributed by atoms with E-state index in [0.717, 1.165) is 34.4 Å². The summed E-state index contributed by atoms with van der Waals surface area (Å²) in [4.78, 5) is 16.9. The zero-order chi connectivity index (χ0) is 20.5. The van der Waals surface area contributed by atoms with Gasteiger partial charge >= 0.3 is 6.18 Å². The van der Waals surface area contributed by atoms with E-state index in [1.807, 2.05) is 24.9 Å². The molecule has 1 amide bonds. The number of rotatable bonds is 3. The summed E-state index contributed by atoms with van der Waals surface area (Å²) < 4.78 is 40.6. The molecule has 3 rings (SSSR count). The number of likely N-dealkylation sites (N-methyl/N-ethyl adjacent to an activating group) is 1. The maximum atomic E-state index is 13.2. The number of benzene rings is 2.